The number of carbonyl (C=O) groups excluding carboxylic acids is 1. The predicted molar refractivity (Wildman–Crippen MR) is 68.0 cm³/mol. The van der Waals surface area contributed by atoms with Crippen LogP contribution in [0.4, 0.5) is 0 Å². The molecule has 1 N–H and O–H groups in total. The molecule has 1 heterocycles. The number of ether oxygens (including phenoxy) is 1. The molecule has 98 valence electrons. The van der Waals surface area contributed by atoms with E-state index in [0.29, 0.717) is 0 Å². The quantitative estimate of drug-likeness (QED) is 0.570. The molecule has 2 aliphatic carbocycles. The van der Waals surface area contributed by atoms with Gasteiger partial charge in [0.1, 0.15) is 6.10 Å². The highest BCUT2D eigenvalue weighted by molar-refractivity contribution is 6.04. The number of hydrogen-bond donors (Lipinski definition) is 1. The minimum atomic E-state index is -0.802. The summed E-state index contributed by atoms with van der Waals surface area (Å²) in [6.07, 6.45) is 2.83. The van der Waals surface area contributed by atoms with Crippen molar-refractivity contribution >= 4 is 5.78 Å². The predicted octanol–water partition coefficient (Wildman–Crippen LogP) is 2.01. The lowest BCUT2D eigenvalue weighted by atomic mass is 9.57. The molecule has 0 aromatic heterocycles. The second kappa shape index (κ2) is 3.34. The number of carbonyl (C=O) groups is 1. The Balaban J connectivity index is 2.10. The number of aliphatic hydroxyl groups is 1. The Morgan fingerprint density at radius 3 is 2.89 bits per heavy atom. The van der Waals surface area contributed by atoms with Gasteiger partial charge in [-0.15, -0.1) is 0 Å². The third-order valence-electron chi connectivity index (χ3n) is 5.39. The molecule has 3 heteroatoms. The first kappa shape index (κ1) is 12.1. The zero-order valence-electron chi connectivity index (χ0n) is 11.2. The van der Waals surface area contributed by atoms with Crippen LogP contribution in [0.25, 0.3) is 0 Å². The fourth-order valence-corrected chi connectivity index (χ4v) is 3.83. The highest BCUT2D eigenvalue weighted by Gasteiger charge is 2.73. The van der Waals surface area contributed by atoms with Crippen molar-refractivity contribution < 1.29 is 14.6 Å². The maximum atomic E-state index is 12.3. The SMILES string of the molecule is C=C(C)C12OC1C1(C)C(=CC2=O)CCC(O)C1C. The standard InChI is InChI=1S/C15H20O3/c1-8(2)15-12(17)7-10-5-6-11(16)9(3)14(10,4)13(15)18-15/h7,9,11,13,16H,1,5-6H2,2-4H3. The lowest BCUT2D eigenvalue weighted by Gasteiger charge is -2.46. The minimum absolute atomic E-state index is 0.0380. The third-order valence-corrected chi connectivity index (χ3v) is 5.39. The summed E-state index contributed by atoms with van der Waals surface area (Å²) in [6, 6.07) is 0. The Morgan fingerprint density at radius 2 is 2.28 bits per heavy atom. The molecule has 2 fully saturated rings. The average molecular weight is 248 g/mol. The molecule has 1 saturated heterocycles. The molecule has 1 saturated carbocycles. The van der Waals surface area contributed by atoms with Crippen LogP contribution in [-0.2, 0) is 9.53 Å². The van der Waals surface area contributed by atoms with Crippen LogP contribution in [0.15, 0.2) is 23.8 Å². The van der Waals surface area contributed by atoms with E-state index in [1.54, 1.807) is 6.08 Å². The molecule has 0 aromatic carbocycles. The van der Waals surface area contributed by atoms with Crippen LogP contribution in [0.1, 0.15) is 33.6 Å². The number of fused-ring (bicyclic) bond motifs is 3. The van der Waals surface area contributed by atoms with Crippen molar-refractivity contribution in [2.75, 3.05) is 0 Å². The summed E-state index contributed by atoms with van der Waals surface area (Å²) in [6.45, 7) is 9.94. The Hall–Kier alpha value is -0.930. The van der Waals surface area contributed by atoms with Gasteiger partial charge in [-0.05, 0) is 37.3 Å². The topological polar surface area (TPSA) is 49.8 Å². The van der Waals surface area contributed by atoms with Gasteiger partial charge in [0.2, 0.25) is 0 Å². The molecule has 0 radical (unpaired) electrons. The van der Waals surface area contributed by atoms with Crippen LogP contribution in [-0.4, -0.2) is 28.7 Å². The molecule has 1 aliphatic heterocycles. The normalized spacial score (nSPS) is 50.1. The van der Waals surface area contributed by atoms with Crippen molar-refractivity contribution in [3.63, 3.8) is 0 Å². The molecular weight excluding hydrogens is 228 g/mol. The molecular formula is C15H20O3. The first-order valence-electron chi connectivity index (χ1n) is 6.62. The van der Waals surface area contributed by atoms with Crippen LogP contribution >= 0.6 is 0 Å². The summed E-state index contributed by atoms with van der Waals surface area (Å²) < 4.78 is 5.82. The molecule has 18 heavy (non-hydrogen) atoms. The van der Waals surface area contributed by atoms with E-state index in [-0.39, 0.29) is 29.3 Å². The molecule has 5 unspecified atom stereocenters. The van der Waals surface area contributed by atoms with E-state index >= 15 is 0 Å². The number of rotatable bonds is 1. The third kappa shape index (κ3) is 1.14. The van der Waals surface area contributed by atoms with Gasteiger partial charge in [-0.2, -0.15) is 0 Å². The molecule has 0 bridgehead atoms. The van der Waals surface area contributed by atoms with Crippen molar-refractivity contribution in [3.8, 4) is 0 Å². The van der Waals surface area contributed by atoms with Gasteiger partial charge in [0, 0.05) is 5.41 Å². The van der Waals surface area contributed by atoms with Crippen molar-refractivity contribution in [1.82, 2.24) is 0 Å². The summed E-state index contributed by atoms with van der Waals surface area (Å²) in [7, 11) is 0. The molecule has 3 nitrogen and oxygen atoms in total. The fraction of sp³-hybridized carbons (Fsp3) is 0.667. The van der Waals surface area contributed by atoms with E-state index in [1.807, 2.05) is 6.92 Å². The maximum absolute atomic E-state index is 12.3. The van der Waals surface area contributed by atoms with Gasteiger partial charge in [-0.1, -0.05) is 26.0 Å². The zero-order valence-corrected chi connectivity index (χ0v) is 11.2. The molecule has 0 spiro atoms. The smallest absolute Gasteiger partial charge is 0.194 e. The van der Waals surface area contributed by atoms with Crippen LogP contribution in [0.5, 0.6) is 0 Å². The summed E-state index contributed by atoms with van der Waals surface area (Å²) in [4.78, 5) is 12.3. The number of hydrogen-bond acceptors (Lipinski definition) is 3. The summed E-state index contributed by atoms with van der Waals surface area (Å²) >= 11 is 0. The highest BCUT2D eigenvalue weighted by Crippen LogP contribution is 2.63. The van der Waals surface area contributed by atoms with Crippen molar-refractivity contribution in [2.45, 2.75) is 51.4 Å². The van der Waals surface area contributed by atoms with E-state index in [0.717, 1.165) is 24.0 Å². The first-order valence-corrected chi connectivity index (χ1v) is 6.62. The summed E-state index contributed by atoms with van der Waals surface area (Å²) in [5.41, 5.74) is 0.889. The van der Waals surface area contributed by atoms with Crippen molar-refractivity contribution in [3.05, 3.63) is 23.8 Å². The Bertz CT molecular complexity index is 478. The highest BCUT2D eigenvalue weighted by atomic mass is 16.6. The van der Waals surface area contributed by atoms with E-state index < -0.39 is 5.60 Å². The van der Waals surface area contributed by atoms with Crippen LogP contribution in [0, 0.1) is 11.3 Å². The summed E-state index contributed by atoms with van der Waals surface area (Å²) in [5.74, 6) is 0.146. The minimum Gasteiger partial charge on any atom is -0.393 e. The van der Waals surface area contributed by atoms with Gasteiger partial charge in [0.25, 0.3) is 0 Å². The van der Waals surface area contributed by atoms with Gasteiger partial charge in [-0.25, -0.2) is 0 Å². The van der Waals surface area contributed by atoms with Crippen LogP contribution < -0.4 is 0 Å². The molecule has 0 aromatic rings. The molecule has 3 rings (SSSR count). The second-order valence-electron chi connectivity index (χ2n) is 6.23. The number of epoxide rings is 1. The monoisotopic (exact) mass is 248 g/mol. The molecule has 0 amide bonds. The largest absolute Gasteiger partial charge is 0.393 e. The van der Waals surface area contributed by atoms with Crippen molar-refractivity contribution in [2.24, 2.45) is 11.3 Å². The van der Waals surface area contributed by atoms with Crippen LogP contribution in [0.3, 0.4) is 0 Å². The van der Waals surface area contributed by atoms with Crippen LogP contribution in [0.2, 0.25) is 0 Å². The molecule has 5 atom stereocenters. The van der Waals surface area contributed by atoms with Gasteiger partial charge in [0.15, 0.2) is 11.4 Å². The van der Waals surface area contributed by atoms with E-state index in [2.05, 4.69) is 20.4 Å². The Morgan fingerprint density at radius 1 is 1.61 bits per heavy atom. The van der Waals surface area contributed by atoms with E-state index in [1.165, 1.54) is 0 Å². The lowest BCUT2D eigenvalue weighted by molar-refractivity contribution is -0.118. The van der Waals surface area contributed by atoms with Crippen molar-refractivity contribution in [1.29, 1.82) is 0 Å². The lowest BCUT2D eigenvalue weighted by Crippen LogP contribution is -2.50. The van der Waals surface area contributed by atoms with Gasteiger partial charge < -0.3 is 9.84 Å². The second-order valence-corrected chi connectivity index (χ2v) is 6.23. The fourth-order valence-electron chi connectivity index (χ4n) is 3.83. The van der Waals surface area contributed by atoms with E-state index in [4.69, 9.17) is 4.74 Å². The zero-order chi connectivity index (χ0) is 13.3. The maximum Gasteiger partial charge on any atom is 0.194 e. The summed E-state index contributed by atoms with van der Waals surface area (Å²) in [5, 5.41) is 10.1. The number of ketones is 1. The Labute approximate surface area is 108 Å². The Kier molecular flexibility index (Phi) is 2.25. The number of aliphatic hydroxyl groups excluding tert-OH is 1. The van der Waals surface area contributed by atoms with E-state index in [9.17, 15) is 9.90 Å². The van der Waals surface area contributed by atoms with Gasteiger partial charge >= 0.3 is 0 Å². The molecule has 3 aliphatic rings. The van der Waals surface area contributed by atoms with Gasteiger partial charge in [0.05, 0.1) is 6.10 Å². The first-order chi connectivity index (χ1) is 8.35. The average Bonchev–Trinajstić information content (AvgIpc) is 3.06. The van der Waals surface area contributed by atoms with Gasteiger partial charge in [-0.3, -0.25) is 4.79 Å².